The number of piperidine rings is 1. The zero-order valence-electron chi connectivity index (χ0n) is 13.4. The molecule has 4 heterocycles. The van der Waals surface area contributed by atoms with Gasteiger partial charge in [0.15, 0.2) is 5.82 Å². The summed E-state index contributed by atoms with van der Waals surface area (Å²) in [5.74, 6) is 2.46. The van der Waals surface area contributed by atoms with Crippen molar-refractivity contribution in [1.82, 2.24) is 30.2 Å². The number of aryl methyl sites for hydroxylation is 1. The van der Waals surface area contributed by atoms with E-state index >= 15 is 0 Å². The van der Waals surface area contributed by atoms with Gasteiger partial charge in [-0.25, -0.2) is 0 Å². The molecule has 0 N–H and O–H groups in total. The van der Waals surface area contributed by atoms with Crippen molar-refractivity contribution in [3.8, 4) is 11.4 Å². The van der Waals surface area contributed by atoms with Crippen LogP contribution in [0.5, 0.6) is 0 Å². The molecule has 3 aromatic heterocycles. The first-order valence-electron chi connectivity index (χ1n) is 8.07. The van der Waals surface area contributed by atoms with E-state index < -0.39 is 0 Å². The van der Waals surface area contributed by atoms with Gasteiger partial charge >= 0.3 is 0 Å². The Hall–Kier alpha value is -2.61. The Morgan fingerprint density at radius 1 is 1.21 bits per heavy atom. The first-order chi connectivity index (χ1) is 11.8. The highest BCUT2D eigenvalue weighted by atomic mass is 16.5. The summed E-state index contributed by atoms with van der Waals surface area (Å²) in [6, 6.07) is 3.85. The van der Waals surface area contributed by atoms with Crippen LogP contribution < -0.4 is 0 Å². The van der Waals surface area contributed by atoms with Crippen LogP contribution >= 0.6 is 0 Å². The molecule has 3 aromatic rings. The minimum atomic E-state index is 0.0730. The molecule has 4 rings (SSSR count). The lowest BCUT2D eigenvalue weighted by atomic mass is 10.0. The molecule has 1 unspecified atom stereocenters. The second-order valence-electron chi connectivity index (χ2n) is 5.92. The SMILES string of the molecule is Cc1noc(CN2CCCCC2c2nc(-c3cccnc3)no2)n1. The highest BCUT2D eigenvalue weighted by Gasteiger charge is 2.30. The molecule has 0 bridgehead atoms. The number of pyridine rings is 1. The lowest BCUT2D eigenvalue weighted by molar-refractivity contribution is 0.0986. The zero-order chi connectivity index (χ0) is 16.4. The van der Waals surface area contributed by atoms with Gasteiger partial charge in [0.1, 0.15) is 0 Å². The van der Waals surface area contributed by atoms with E-state index in [9.17, 15) is 0 Å². The van der Waals surface area contributed by atoms with Crippen LogP contribution in [0.15, 0.2) is 33.6 Å². The molecule has 0 aliphatic carbocycles. The van der Waals surface area contributed by atoms with Crippen molar-refractivity contribution < 1.29 is 9.05 Å². The molecule has 124 valence electrons. The zero-order valence-corrected chi connectivity index (χ0v) is 13.4. The molecular weight excluding hydrogens is 308 g/mol. The topological polar surface area (TPSA) is 94.0 Å². The molecule has 1 aliphatic rings. The van der Waals surface area contributed by atoms with Crippen LogP contribution in [0, 0.1) is 6.92 Å². The monoisotopic (exact) mass is 326 g/mol. The van der Waals surface area contributed by atoms with Crippen molar-refractivity contribution >= 4 is 0 Å². The van der Waals surface area contributed by atoms with Gasteiger partial charge in [0.25, 0.3) is 0 Å². The predicted molar refractivity (Wildman–Crippen MR) is 83.6 cm³/mol. The molecule has 1 fully saturated rings. The van der Waals surface area contributed by atoms with Crippen molar-refractivity contribution in [2.24, 2.45) is 0 Å². The van der Waals surface area contributed by atoms with Crippen LogP contribution in [0.1, 0.15) is 42.9 Å². The molecule has 8 heteroatoms. The Bertz CT molecular complexity index is 800. The smallest absolute Gasteiger partial charge is 0.244 e. The van der Waals surface area contributed by atoms with Crippen LogP contribution in [0.3, 0.4) is 0 Å². The van der Waals surface area contributed by atoms with Crippen LogP contribution in [0.2, 0.25) is 0 Å². The lowest BCUT2D eigenvalue weighted by Crippen LogP contribution is -2.33. The molecule has 0 spiro atoms. The minimum absolute atomic E-state index is 0.0730. The number of aromatic nitrogens is 5. The van der Waals surface area contributed by atoms with Gasteiger partial charge in [-0.05, 0) is 38.4 Å². The highest BCUT2D eigenvalue weighted by Crippen LogP contribution is 2.32. The number of likely N-dealkylation sites (tertiary alicyclic amines) is 1. The molecule has 0 saturated carbocycles. The lowest BCUT2D eigenvalue weighted by Gasteiger charge is -2.31. The molecule has 0 amide bonds. The van der Waals surface area contributed by atoms with Crippen LogP contribution in [0.25, 0.3) is 11.4 Å². The van der Waals surface area contributed by atoms with Crippen LogP contribution in [-0.4, -0.2) is 36.7 Å². The predicted octanol–water partition coefficient (Wildman–Crippen LogP) is 2.55. The van der Waals surface area contributed by atoms with Crippen molar-refractivity contribution in [2.45, 2.75) is 38.8 Å². The van der Waals surface area contributed by atoms with Crippen molar-refractivity contribution in [3.63, 3.8) is 0 Å². The van der Waals surface area contributed by atoms with Gasteiger partial charge in [-0.2, -0.15) is 9.97 Å². The fraction of sp³-hybridized carbons (Fsp3) is 0.438. The summed E-state index contributed by atoms with van der Waals surface area (Å²) in [5, 5.41) is 7.96. The number of hydrogen-bond acceptors (Lipinski definition) is 8. The van der Waals surface area contributed by atoms with E-state index in [2.05, 4.69) is 30.2 Å². The van der Waals surface area contributed by atoms with Crippen molar-refractivity contribution in [3.05, 3.63) is 42.1 Å². The second kappa shape index (κ2) is 6.48. The summed E-state index contributed by atoms with van der Waals surface area (Å²) in [7, 11) is 0. The normalized spacial score (nSPS) is 18.8. The second-order valence-corrected chi connectivity index (χ2v) is 5.92. The summed E-state index contributed by atoms with van der Waals surface area (Å²) in [5.41, 5.74) is 0.849. The van der Waals surface area contributed by atoms with E-state index in [1.165, 1.54) is 0 Å². The van der Waals surface area contributed by atoms with E-state index in [1.54, 1.807) is 12.4 Å². The molecule has 1 aliphatic heterocycles. The maximum Gasteiger partial charge on any atom is 0.244 e. The first-order valence-corrected chi connectivity index (χ1v) is 8.07. The average Bonchev–Trinajstić information content (AvgIpc) is 3.26. The van der Waals surface area contributed by atoms with Crippen LogP contribution in [0.4, 0.5) is 0 Å². The molecule has 1 atom stereocenters. The first kappa shape index (κ1) is 14.9. The van der Waals surface area contributed by atoms with Gasteiger partial charge in [0.2, 0.25) is 17.6 Å². The van der Waals surface area contributed by atoms with Crippen molar-refractivity contribution in [1.29, 1.82) is 0 Å². The van der Waals surface area contributed by atoms with Gasteiger partial charge in [-0.15, -0.1) is 0 Å². The maximum absolute atomic E-state index is 5.53. The Kier molecular flexibility index (Phi) is 4.04. The summed E-state index contributed by atoms with van der Waals surface area (Å²) in [4.78, 5) is 15.2. The number of nitrogens with zero attached hydrogens (tertiary/aromatic N) is 6. The number of hydrogen-bond donors (Lipinski definition) is 0. The van der Waals surface area contributed by atoms with Gasteiger partial charge in [-0.3, -0.25) is 9.88 Å². The fourth-order valence-corrected chi connectivity index (χ4v) is 3.02. The Morgan fingerprint density at radius 2 is 2.17 bits per heavy atom. The van der Waals surface area contributed by atoms with E-state index in [0.29, 0.717) is 30.0 Å². The van der Waals surface area contributed by atoms with Crippen LogP contribution in [-0.2, 0) is 6.54 Å². The largest absolute Gasteiger partial charge is 0.338 e. The Labute approximate surface area is 138 Å². The standard InChI is InChI=1S/C16H18N6O2/c1-11-18-14(23-20-11)10-22-8-3-2-6-13(22)16-19-15(21-24-16)12-5-4-7-17-9-12/h4-5,7,9,13H,2-3,6,8,10H2,1H3. The minimum Gasteiger partial charge on any atom is -0.338 e. The third-order valence-electron chi connectivity index (χ3n) is 4.17. The molecular formula is C16H18N6O2. The summed E-state index contributed by atoms with van der Waals surface area (Å²) < 4.78 is 10.8. The fourth-order valence-electron chi connectivity index (χ4n) is 3.02. The van der Waals surface area contributed by atoms with E-state index in [-0.39, 0.29) is 6.04 Å². The maximum atomic E-state index is 5.53. The third-order valence-corrected chi connectivity index (χ3v) is 4.17. The molecule has 8 nitrogen and oxygen atoms in total. The highest BCUT2D eigenvalue weighted by molar-refractivity contribution is 5.51. The quantitative estimate of drug-likeness (QED) is 0.722. The number of rotatable bonds is 4. The van der Waals surface area contributed by atoms with Gasteiger partial charge in [0, 0.05) is 18.0 Å². The van der Waals surface area contributed by atoms with Gasteiger partial charge in [-0.1, -0.05) is 16.7 Å². The Balaban J connectivity index is 1.55. The summed E-state index contributed by atoms with van der Waals surface area (Å²) in [6.07, 6.45) is 6.69. The van der Waals surface area contributed by atoms with Crippen molar-refractivity contribution in [2.75, 3.05) is 6.54 Å². The average molecular weight is 326 g/mol. The summed E-state index contributed by atoms with van der Waals surface area (Å²) in [6.45, 7) is 3.35. The molecule has 1 saturated heterocycles. The third kappa shape index (κ3) is 3.05. The van der Waals surface area contributed by atoms with E-state index in [0.717, 1.165) is 31.4 Å². The van der Waals surface area contributed by atoms with E-state index in [4.69, 9.17) is 9.05 Å². The molecule has 0 aromatic carbocycles. The van der Waals surface area contributed by atoms with Gasteiger partial charge in [0.05, 0.1) is 12.6 Å². The molecule has 0 radical (unpaired) electrons. The summed E-state index contributed by atoms with van der Waals surface area (Å²) >= 11 is 0. The van der Waals surface area contributed by atoms with Gasteiger partial charge < -0.3 is 9.05 Å². The molecule has 24 heavy (non-hydrogen) atoms. The van der Waals surface area contributed by atoms with E-state index in [1.807, 2.05) is 19.1 Å². The Morgan fingerprint density at radius 3 is 2.96 bits per heavy atom.